The molecule has 0 spiro atoms. The first-order valence-electron chi connectivity index (χ1n) is 19.5. The number of aryl methyl sites for hydroxylation is 3. The fourth-order valence-electron chi connectivity index (χ4n) is 11.0. The van der Waals surface area contributed by atoms with Crippen LogP contribution in [0.3, 0.4) is 0 Å². The maximum Gasteiger partial charge on any atom is 0.247 e. The second kappa shape index (κ2) is 10.7. The van der Waals surface area contributed by atoms with E-state index in [9.17, 15) is 0 Å². The van der Waals surface area contributed by atoms with Gasteiger partial charge in [-0.05, 0) is 113 Å². The van der Waals surface area contributed by atoms with Gasteiger partial charge in [0.05, 0.1) is 22.7 Å². The molecule has 0 atom stereocenters. The van der Waals surface area contributed by atoms with Gasteiger partial charge in [0.1, 0.15) is 0 Å². The third-order valence-corrected chi connectivity index (χ3v) is 13.3. The molecule has 0 radical (unpaired) electrons. The molecule has 260 valence electrons. The van der Waals surface area contributed by atoms with Crippen LogP contribution in [-0.2, 0) is 10.8 Å². The molecule has 0 aromatic heterocycles. The molecule has 3 heteroatoms. The van der Waals surface area contributed by atoms with Crippen LogP contribution in [0.25, 0.3) is 22.3 Å². The summed E-state index contributed by atoms with van der Waals surface area (Å²) in [6.07, 6.45) is 0. The van der Waals surface area contributed by atoms with Crippen LogP contribution in [0, 0.1) is 20.8 Å². The minimum Gasteiger partial charge on any atom is -0.307 e. The van der Waals surface area contributed by atoms with Crippen LogP contribution in [0.15, 0.2) is 133 Å². The van der Waals surface area contributed by atoms with Gasteiger partial charge in [-0.3, -0.25) is 0 Å². The Labute approximate surface area is 319 Å². The zero-order valence-corrected chi connectivity index (χ0v) is 32.2. The van der Waals surface area contributed by atoms with Crippen molar-refractivity contribution < 1.29 is 0 Å². The number of benzene rings is 7. The van der Waals surface area contributed by atoms with Gasteiger partial charge in [0.25, 0.3) is 0 Å². The highest BCUT2D eigenvalue weighted by Gasteiger charge is 2.45. The van der Waals surface area contributed by atoms with Gasteiger partial charge in [0.15, 0.2) is 0 Å². The molecule has 0 N–H and O–H groups in total. The summed E-state index contributed by atoms with van der Waals surface area (Å²) >= 11 is 0. The Morgan fingerprint density at radius 1 is 0.426 bits per heavy atom. The predicted octanol–water partition coefficient (Wildman–Crippen LogP) is 11.3. The van der Waals surface area contributed by atoms with Crippen molar-refractivity contribution in [1.29, 1.82) is 0 Å². The van der Waals surface area contributed by atoms with E-state index in [1.807, 2.05) is 0 Å². The summed E-state index contributed by atoms with van der Waals surface area (Å²) in [4.78, 5) is 5.14. The molecule has 0 fully saturated rings. The van der Waals surface area contributed by atoms with Crippen LogP contribution >= 0.6 is 0 Å². The van der Waals surface area contributed by atoms with Gasteiger partial charge < -0.3 is 9.80 Å². The number of hydrogen-bond donors (Lipinski definition) is 0. The Morgan fingerprint density at radius 3 is 1.67 bits per heavy atom. The molecule has 7 aromatic rings. The van der Waals surface area contributed by atoms with E-state index in [2.05, 4.69) is 192 Å². The number of anilines is 6. The zero-order chi connectivity index (χ0) is 36.8. The van der Waals surface area contributed by atoms with Crippen molar-refractivity contribution in [2.75, 3.05) is 9.80 Å². The Bertz CT molecular complexity index is 2760. The van der Waals surface area contributed by atoms with Gasteiger partial charge in [-0.15, -0.1) is 0 Å². The fraction of sp³-hybridized carbons (Fsp3) is 0.176. The third kappa shape index (κ3) is 3.97. The average Bonchev–Trinajstić information content (AvgIpc) is 3.53. The molecule has 7 aromatic carbocycles. The van der Waals surface area contributed by atoms with Crippen molar-refractivity contribution in [3.8, 4) is 22.3 Å². The molecule has 54 heavy (non-hydrogen) atoms. The van der Waals surface area contributed by atoms with E-state index in [0.717, 1.165) is 0 Å². The molecule has 0 unspecified atom stereocenters. The topological polar surface area (TPSA) is 6.48 Å². The van der Waals surface area contributed by atoms with Crippen LogP contribution < -0.4 is 26.2 Å². The largest absolute Gasteiger partial charge is 0.307 e. The van der Waals surface area contributed by atoms with Crippen LogP contribution in [-0.4, -0.2) is 6.71 Å². The Morgan fingerprint density at radius 2 is 0.981 bits per heavy atom. The Kier molecular flexibility index (Phi) is 6.26. The first kappa shape index (κ1) is 31.7. The minimum absolute atomic E-state index is 0.0774. The summed E-state index contributed by atoms with van der Waals surface area (Å²) in [7, 11) is 0. The maximum atomic E-state index is 2.60. The Balaban J connectivity index is 1.21. The first-order chi connectivity index (χ1) is 26.1. The van der Waals surface area contributed by atoms with Gasteiger partial charge in [-0.2, -0.15) is 0 Å². The number of hydrogen-bond acceptors (Lipinski definition) is 2. The molecular formula is C51H43BN2. The van der Waals surface area contributed by atoms with Crippen LogP contribution in [0.5, 0.6) is 0 Å². The fourth-order valence-corrected chi connectivity index (χ4v) is 11.0. The number of fused-ring (bicyclic) bond motifs is 10. The molecule has 0 saturated carbocycles. The summed E-state index contributed by atoms with van der Waals surface area (Å²) < 4.78 is 0. The summed E-state index contributed by atoms with van der Waals surface area (Å²) in [6, 6.07) is 51.1. The van der Waals surface area contributed by atoms with E-state index in [0.29, 0.717) is 0 Å². The first-order valence-corrected chi connectivity index (χ1v) is 19.5. The van der Waals surface area contributed by atoms with E-state index < -0.39 is 0 Å². The zero-order valence-electron chi connectivity index (χ0n) is 32.2. The lowest BCUT2D eigenvalue weighted by Gasteiger charge is -2.46. The highest BCUT2D eigenvalue weighted by Crippen LogP contribution is 2.58. The van der Waals surface area contributed by atoms with E-state index in [-0.39, 0.29) is 17.5 Å². The number of rotatable bonds is 2. The lowest BCUT2D eigenvalue weighted by atomic mass is 9.33. The monoisotopic (exact) mass is 694 g/mol. The lowest BCUT2D eigenvalue weighted by molar-refractivity contribution is 0.660. The molecule has 0 amide bonds. The van der Waals surface area contributed by atoms with Crippen LogP contribution in [0.2, 0.25) is 0 Å². The molecule has 11 rings (SSSR count). The summed E-state index contributed by atoms with van der Waals surface area (Å²) in [5.41, 5.74) is 26.4. The number of nitrogens with zero attached hydrogens (tertiary/aromatic N) is 2. The summed E-state index contributed by atoms with van der Waals surface area (Å²) in [6.45, 7) is 16.5. The molecule has 0 bridgehead atoms. The quantitative estimate of drug-likeness (QED) is 0.166. The van der Waals surface area contributed by atoms with E-state index >= 15 is 0 Å². The molecule has 2 nitrogen and oxygen atoms in total. The second-order valence-corrected chi connectivity index (χ2v) is 17.1. The normalized spacial score (nSPS) is 15.9. The lowest BCUT2D eigenvalue weighted by Crippen LogP contribution is -2.59. The second-order valence-electron chi connectivity index (χ2n) is 17.1. The van der Waals surface area contributed by atoms with Crippen molar-refractivity contribution >= 4 is 57.2 Å². The van der Waals surface area contributed by atoms with E-state index in [4.69, 9.17) is 0 Å². The standard InChI is InChI=1S/C51H43BN2/c1-30-25-31(2)48(32(3)26-30)52-42-19-14-22-46-49(42)54(47-29-41-37(28-43(47)52)35-16-9-11-18-39(35)51(41,6)7)45-21-13-12-20-44(45)53(46)33-23-24-36-34-15-8-10-17-38(34)50(4,5)40(36)27-33/h8-29H,1-7H3. The van der Waals surface area contributed by atoms with Gasteiger partial charge in [0.2, 0.25) is 6.71 Å². The van der Waals surface area contributed by atoms with Gasteiger partial charge >= 0.3 is 0 Å². The number of para-hydroxylation sites is 3. The highest BCUT2D eigenvalue weighted by molar-refractivity contribution is 6.98. The highest BCUT2D eigenvalue weighted by atomic mass is 15.3. The molecular weight excluding hydrogens is 651 g/mol. The third-order valence-electron chi connectivity index (χ3n) is 13.3. The molecule has 2 heterocycles. The van der Waals surface area contributed by atoms with Crippen molar-refractivity contribution in [2.45, 2.75) is 59.3 Å². The molecule has 2 aliphatic heterocycles. The predicted molar refractivity (Wildman–Crippen MR) is 230 cm³/mol. The smallest absolute Gasteiger partial charge is 0.247 e. The van der Waals surface area contributed by atoms with E-state index in [1.165, 1.54) is 112 Å². The molecule has 0 saturated heterocycles. The summed E-state index contributed by atoms with van der Waals surface area (Å²) in [5.74, 6) is 0. The van der Waals surface area contributed by atoms with Gasteiger partial charge in [0, 0.05) is 22.2 Å². The Hall–Kier alpha value is -5.80. The van der Waals surface area contributed by atoms with Crippen LogP contribution in [0.1, 0.15) is 66.6 Å². The van der Waals surface area contributed by atoms with Gasteiger partial charge in [-0.25, -0.2) is 0 Å². The van der Waals surface area contributed by atoms with Crippen molar-refractivity contribution in [3.63, 3.8) is 0 Å². The van der Waals surface area contributed by atoms with Crippen molar-refractivity contribution in [2.24, 2.45) is 0 Å². The van der Waals surface area contributed by atoms with Crippen molar-refractivity contribution in [1.82, 2.24) is 0 Å². The van der Waals surface area contributed by atoms with Crippen LogP contribution in [0.4, 0.5) is 34.1 Å². The minimum atomic E-state index is -0.109. The van der Waals surface area contributed by atoms with Crippen molar-refractivity contribution in [3.05, 3.63) is 172 Å². The maximum absolute atomic E-state index is 2.60. The SMILES string of the molecule is Cc1cc(C)c(B2c3cc4c(cc3N3c5ccccc5N(c5ccc6c(c5)C(C)(C)c5ccccc5-6)c5cccc2c53)C(C)(C)c2ccccc2-4)c(C)c1. The molecule has 4 aliphatic rings. The van der Waals surface area contributed by atoms with E-state index in [1.54, 1.807) is 0 Å². The van der Waals surface area contributed by atoms with Gasteiger partial charge in [-0.1, -0.05) is 147 Å². The molecule has 2 aliphatic carbocycles. The summed E-state index contributed by atoms with van der Waals surface area (Å²) in [5, 5.41) is 0. The average molecular weight is 695 g/mol.